The predicted molar refractivity (Wildman–Crippen MR) is 104 cm³/mol. The monoisotopic (exact) mass is 434 g/mol. The van der Waals surface area contributed by atoms with Gasteiger partial charge in [0.1, 0.15) is 6.61 Å². The zero-order chi connectivity index (χ0) is 19.2. The average Bonchev–Trinajstić information content (AvgIpc) is 2.57. The van der Waals surface area contributed by atoms with E-state index < -0.39 is 13.5 Å². The number of alkyl carbamates (subject to hydrolysis) is 1. The van der Waals surface area contributed by atoms with Crippen molar-refractivity contribution in [2.45, 2.75) is 18.2 Å². The van der Waals surface area contributed by atoms with Crippen molar-refractivity contribution in [3.63, 3.8) is 0 Å². The van der Waals surface area contributed by atoms with Gasteiger partial charge in [0.05, 0.1) is 10.5 Å². The summed E-state index contributed by atoms with van der Waals surface area (Å²) in [6.07, 6.45) is 0.992. The third-order valence-electron chi connectivity index (χ3n) is 3.06. The fourth-order valence-corrected chi connectivity index (χ4v) is 4.15. The Balaban J connectivity index is 1.82. The van der Waals surface area contributed by atoms with Gasteiger partial charge in [-0.25, -0.2) is 9.78 Å². The fraction of sp³-hybridized carbons (Fsp3) is 0.250. The maximum atomic E-state index is 11.8. The Morgan fingerprint density at radius 1 is 1.35 bits per heavy atom. The van der Waals surface area contributed by atoms with E-state index in [-0.39, 0.29) is 18.6 Å². The lowest BCUT2D eigenvalue weighted by Gasteiger charge is -2.09. The Labute approximate surface area is 165 Å². The summed E-state index contributed by atoms with van der Waals surface area (Å²) in [4.78, 5) is 25.3. The summed E-state index contributed by atoms with van der Waals surface area (Å²) in [5.74, 6) is 0. The van der Waals surface area contributed by atoms with Crippen LogP contribution in [0.5, 0.6) is 0 Å². The van der Waals surface area contributed by atoms with Crippen molar-refractivity contribution in [1.29, 1.82) is 0 Å². The zero-order valence-corrected chi connectivity index (χ0v) is 17.0. The van der Waals surface area contributed by atoms with Gasteiger partial charge >= 0.3 is 6.09 Å². The predicted octanol–water partition coefficient (Wildman–Crippen LogP) is 4.76. The molecule has 0 radical (unpaired) electrons. The van der Waals surface area contributed by atoms with Crippen LogP contribution in [-0.4, -0.2) is 28.1 Å². The van der Waals surface area contributed by atoms with Gasteiger partial charge in [0.2, 0.25) is 7.37 Å². The van der Waals surface area contributed by atoms with Crippen LogP contribution in [0.15, 0.2) is 41.6 Å². The number of hydrogen-bond acceptors (Lipinski definition) is 5. The van der Waals surface area contributed by atoms with Crippen molar-refractivity contribution in [1.82, 2.24) is 10.3 Å². The second-order valence-corrected chi connectivity index (χ2v) is 10.2. The highest BCUT2D eigenvalue weighted by Gasteiger charge is 2.11. The normalized spacial score (nSPS) is 13.1. The molecule has 1 aromatic carbocycles. The molecule has 2 N–H and O–H groups in total. The molecular formula is C16H17Cl2N2O4PS. The van der Waals surface area contributed by atoms with Crippen LogP contribution in [0.25, 0.3) is 0 Å². The van der Waals surface area contributed by atoms with Crippen LogP contribution in [0.1, 0.15) is 11.1 Å². The molecule has 2 rings (SSSR count). The molecule has 1 aromatic heterocycles. The van der Waals surface area contributed by atoms with Gasteiger partial charge < -0.3 is 14.9 Å². The van der Waals surface area contributed by atoms with Gasteiger partial charge in [0.25, 0.3) is 0 Å². The second kappa shape index (κ2) is 9.62. The highest BCUT2D eigenvalue weighted by atomic mass is 35.5. The summed E-state index contributed by atoms with van der Waals surface area (Å²) in [7, 11) is -3.11. The summed E-state index contributed by atoms with van der Waals surface area (Å²) >= 11 is 13.0. The lowest BCUT2D eigenvalue weighted by atomic mass is 10.2. The number of amides is 1. The SMILES string of the molecule is CP(=O)(O)CSc1cc(CNC(=O)OCc2ccc(Cl)cc2Cl)ccn1. The van der Waals surface area contributed by atoms with Crippen LogP contribution in [0.2, 0.25) is 10.0 Å². The van der Waals surface area contributed by atoms with Crippen LogP contribution in [0, 0.1) is 0 Å². The molecular weight excluding hydrogens is 418 g/mol. The number of nitrogens with one attached hydrogen (secondary N) is 1. The van der Waals surface area contributed by atoms with Gasteiger partial charge in [0.15, 0.2) is 0 Å². The van der Waals surface area contributed by atoms with Crippen molar-refractivity contribution in [2.24, 2.45) is 0 Å². The molecule has 0 saturated carbocycles. The minimum Gasteiger partial charge on any atom is -0.445 e. The second-order valence-electron chi connectivity index (χ2n) is 5.49. The average molecular weight is 435 g/mol. The molecule has 26 heavy (non-hydrogen) atoms. The van der Waals surface area contributed by atoms with E-state index in [2.05, 4.69) is 10.3 Å². The number of thioether (sulfide) groups is 1. The molecule has 0 aliphatic heterocycles. The van der Waals surface area contributed by atoms with E-state index in [4.69, 9.17) is 27.9 Å². The molecule has 0 saturated heterocycles. The van der Waals surface area contributed by atoms with E-state index in [9.17, 15) is 14.3 Å². The number of carbonyl (C=O) groups excluding carboxylic acids is 1. The third kappa shape index (κ3) is 7.56. The molecule has 0 aliphatic rings. The number of benzene rings is 1. The molecule has 140 valence electrons. The van der Waals surface area contributed by atoms with Crippen molar-refractivity contribution < 1.29 is 19.0 Å². The summed E-state index contributed by atoms with van der Waals surface area (Å²) in [6, 6.07) is 8.43. The Hall–Kier alpha value is -1.24. The standard InChI is InChI=1S/C16H17Cl2N2O4PS/c1-25(22,23)10-26-15-6-11(4-5-19-15)8-20-16(21)24-9-12-2-3-13(17)7-14(12)18/h2-7H,8-10H2,1H3,(H,20,21)(H,22,23). The third-order valence-corrected chi connectivity index (χ3v) is 6.60. The molecule has 1 unspecified atom stereocenters. The quantitative estimate of drug-likeness (QED) is 0.482. The fourth-order valence-electron chi connectivity index (χ4n) is 1.83. The van der Waals surface area contributed by atoms with Crippen LogP contribution in [0.4, 0.5) is 4.79 Å². The van der Waals surface area contributed by atoms with Crippen molar-refractivity contribution in [3.8, 4) is 0 Å². The maximum absolute atomic E-state index is 11.8. The molecule has 10 heteroatoms. The van der Waals surface area contributed by atoms with Crippen molar-refractivity contribution >= 4 is 48.4 Å². The molecule has 1 amide bonds. The largest absolute Gasteiger partial charge is 0.445 e. The first kappa shape index (κ1) is 21.1. The van der Waals surface area contributed by atoms with Crippen molar-refractivity contribution in [2.75, 3.05) is 12.2 Å². The van der Waals surface area contributed by atoms with Gasteiger partial charge in [-0.3, -0.25) is 4.57 Å². The van der Waals surface area contributed by atoms with Crippen LogP contribution in [0.3, 0.4) is 0 Å². The molecule has 0 aliphatic carbocycles. The first-order chi connectivity index (χ1) is 12.2. The lowest BCUT2D eigenvalue weighted by molar-refractivity contribution is 0.139. The van der Waals surface area contributed by atoms with E-state index in [0.29, 0.717) is 20.6 Å². The Bertz CT molecular complexity index is 832. The maximum Gasteiger partial charge on any atom is 0.407 e. The number of hydrogen-bond donors (Lipinski definition) is 2. The summed E-state index contributed by atoms with van der Waals surface area (Å²) in [5.41, 5.74) is 1.54. The smallest absolute Gasteiger partial charge is 0.407 e. The number of halogens is 2. The van der Waals surface area contributed by atoms with E-state index >= 15 is 0 Å². The highest BCUT2D eigenvalue weighted by Crippen LogP contribution is 2.41. The number of carbonyl (C=O) groups is 1. The zero-order valence-electron chi connectivity index (χ0n) is 13.8. The van der Waals surface area contributed by atoms with Crippen LogP contribution >= 0.6 is 42.3 Å². The van der Waals surface area contributed by atoms with E-state index in [1.165, 1.54) is 18.4 Å². The highest BCUT2D eigenvalue weighted by molar-refractivity contribution is 8.04. The van der Waals surface area contributed by atoms with Crippen LogP contribution < -0.4 is 5.32 Å². The first-order valence-corrected chi connectivity index (χ1v) is 11.5. The molecule has 2 aromatic rings. The van der Waals surface area contributed by atoms with Gasteiger partial charge in [-0.15, -0.1) is 0 Å². The molecule has 6 nitrogen and oxygen atoms in total. The van der Waals surface area contributed by atoms with E-state index in [1.807, 2.05) is 0 Å². The molecule has 0 spiro atoms. The lowest BCUT2D eigenvalue weighted by Crippen LogP contribution is -2.23. The van der Waals surface area contributed by atoms with Gasteiger partial charge in [-0.2, -0.15) is 0 Å². The Morgan fingerprint density at radius 2 is 2.12 bits per heavy atom. The molecule has 1 atom stereocenters. The topological polar surface area (TPSA) is 88.5 Å². The van der Waals surface area contributed by atoms with E-state index in [1.54, 1.807) is 36.5 Å². The van der Waals surface area contributed by atoms with Crippen molar-refractivity contribution in [3.05, 3.63) is 57.7 Å². The molecule has 0 bridgehead atoms. The summed E-state index contributed by atoms with van der Waals surface area (Å²) in [5, 5.41) is 4.18. The minimum absolute atomic E-state index is 0.0293. The first-order valence-electron chi connectivity index (χ1n) is 7.44. The van der Waals surface area contributed by atoms with Gasteiger partial charge in [-0.05, 0) is 29.8 Å². The Kier molecular flexibility index (Phi) is 7.80. The van der Waals surface area contributed by atoms with Gasteiger partial charge in [0, 0.05) is 35.0 Å². The molecule has 0 fully saturated rings. The summed E-state index contributed by atoms with van der Waals surface area (Å²) < 4.78 is 16.5. The van der Waals surface area contributed by atoms with Crippen LogP contribution in [-0.2, 0) is 22.5 Å². The number of aromatic nitrogens is 1. The number of ether oxygens (including phenoxy) is 1. The Morgan fingerprint density at radius 3 is 2.81 bits per heavy atom. The minimum atomic E-state index is -3.11. The van der Waals surface area contributed by atoms with Gasteiger partial charge in [-0.1, -0.05) is 41.0 Å². The number of pyridine rings is 1. The number of rotatable bonds is 7. The summed E-state index contributed by atoms with van der Waals surface area (Å²) in [6.45, 7) is 1.57. The molecule has 1 heterocycles. The van der Waals surface area contributed by atoms with E-state index in [0.717, 1.165) is 5.56 Å². The number of nitrogens with zero attached hydrogens (tertiary/aromatic N) is 1.